The molecule has 0 saturated heterocycles. The molecule has 2 atom stereocenters. The summed E-state index contributed by atoms with van der Waals surface area (Å²) in [5, 5.41) is 0. The van der Waals surface area contributed by atoms with Gasteiger partial charge in [-0.05, 0) is 31.6 Å². The van der Waals surface area contributed by atoms with Gasteiger partial charge < -0.3 is 0 Å². The van der Waals surface area contributed by atoms with Crippen LogP contribution in [0.2, 0.25) is 0 Å². The summed E-state index contributed by atoms with van der Waals surface area (Å²) in [5.74, 6) is 1.79. The summed E-state index contributed by atoms with van der Waals surface area (Å²) in [6.45, 7) is 6.36. The van der Waals surface area contributed by atoms with E-state index in [9.17, 15) is 0 Å². The van der Waals surface area contributed by atoms with Gasteiger partial charge in [-0.2, -0.15) is 0 Å². The topological polar surface area (TPSA) is 0 Å². The molecule has 3 aliphatic carbocycles. The van der Waals surface area contributed by atoms with Crippen LogP contribution in [-0.4, -0.2) is 0 Å². The number of allylic oxidation sites excluding steroid dienone is 2. The Morgan fingerprint density at radius 2 is 2.08 bits per heavy atom. The third-order valence-corrected chi connectivity index (χ3v) is 4.96. The summed E-state index contributed by atoms with van der Waals surface area (Å²) in [6.07, 6.45) is 6.45. The van der Waals surface area contributed by atoms with E-state index in [2.05, 4.69) is 19.6 Å². The molecule has 0 aromatic rings. The summed E-state index contributed by atoms with van der Waals surface area (Å²) in [5.41, 5.74) is 4.12. The molecule has 0 N–H and O–H groups in total. The fourth-order valence-corrected chi connectivity index (χ4v) is 4.75. The molecular weight excluding hydrogens is 180 g/mol. The first-order valence-electron chi connectivity index (χ1n) is 5.16. The highest BCUT2D eigenvalue weighted by atomic mass is 35.5. The normalized spacial score (nSPS) is 56.2. The van der Waals surface area contributed by atoms with Gasteiger partial charge in [-0.25, -0.2) is 0 Å². The predicted octanol–water partition coefficient (Wildman–Crippen LogP) is 3.73. The highest BCUT2D eigenvalue weighted by molar-refractivity contribution is 6.25. The molecule has 3 rings (SSSR count). The summed E-state index contributed by atoms with van der Waals surface area (Å²) >= 11 is 5.72. The van der Waals surface area contributed by atoms with Crippen LogP contribution in [0.25, 0.3) is 0 Å². The van der Waals surface area contributed by atoms with Crippen molar-refractivity contribution in [2.75, 3.05) is 0 Å². The lowest BCUT2D eigenvalue weighted by molar-refractivity contribution is 0.268. The summed E-state index contributed by atoms with van der Waals surface area (Å²) in [6, 6.07) is 0. The zero-order valence-corrected chi connectivity index (χ0v) is 8.77. The third-order valence-electron chi connectivity index (χ3n) is 4.83. The molecule has 0 aromatic carbocycles. The standard InChI is InChI=1S/C12H15Cl/c1-8(2)12-9-4-3-5-10(12)11(9,12)6-7-13/h6-7,9-10H,1,3-5H2,2H3/b7-6+. The minimum atomic E-state index is 0.485. The van der Waals surface area contributed by atoms with E-state index in [1.807, 2.05) is 0 Å². The van der Waals surface area contributed by atoms with Gasteiger partial charge in [0.05, 0.1) is 0 Å². The molecule has 3 fully saturated rings. The van der Waals surface area contributed by atoms with E-state index in [1.165, 1.54) is 24.8 Å². The van der Waals surface area contributed by atoms with Crippen LogP contribution in [0.4, 0.5) is 0 Å². The Morgan fingerprint density at radius 1 is 1.46 bits per heavy atom. The SMILES string of the molecule is C=C(C)C12C3CCCC1C32/C=C/Cl. The van der Waals surface area contributed by atoms with E-state index >= 15 is 0 Å². The molecule has 0 bridgehead atoms. The maximum Gasteiger partial charge on any atom is 0.00775 e. The van der Waals surface area contributed by atoms with Crippen LogP contribution in [-0.2, 0) is 0 Å². The Morgan fingerprint density at radius 3 is 2.46 bits per heavy atom. The summed E-state index contributed by atoms with van der Waals surface area (Å²) in [7, 11) is 0. The summed E-state index contributed by atoms with van der Waals surface area (Å²) in [4.78, 5) is 0. The molecule has 3 aliphatic rings. The molecular formula is C12H15Cl. The van der Waals surface area contributed by atoms with Gasteiger partial charge in [0.25, 0.3) is 0 Å². The average Bonchev–Trinajstić information content (AvgIpc) is 2.92. The fourth-order valence-electron chi connectivity index (χ4n) is 4.54. The maximum absolute atomic E-state index is 5.72. The number of fused-ring (bicyclic) bond motifs is 2. The molecule has 13 heavy (non-hydrogen) atoms. The van der Waals surface area contributed by atoms with Crippen molar-refractivity contribution in [1.82, 2.24) is 0 Å². The first-order valence-corrected chi connectivity index (χ1v) is 5.60. The molecule has 0 nitrogen and oxygen atoms in total. The van der Waals surface area contributed by atoms with E-state index in [4.69, 9.17) is 11.6 Å². The number of rotatable bonds is 2. The van der Waals surface area contributed by atoms with Crippen LogP contribution in [0.5, 0.6) is 0 Å². The largest absolute Gasteiger partial charge is 0.0995 e. The lowest BCUT2D eigenvalue weighted by Gasteiger charge is -2.27. The van der Waals surface area contributed by atoms with Crippen LogP contribution in [0.3, 0.4) is 0 Å². The Labute approximate surface area is 84.7 Å². The van der Waals surface area contributed by atoms with Crippen molar-refractivity contribution in [3.05, 3.63) is 23.8 Å². The van der Waals surface area contributed by atoms with Gasteiger partial charge in [-0.3, -0.25) is 0 Å². The molecule has 70 valence electrons. The van der Waals surface area contributed by atoms with Gasteiger partial charge in [0, 0.05) is 16.4 Å². The second kappa shape index (κ2) is 2.06. The second-order valence-electron chi connectivity index (χ2n) is 4.91. The average molecular weight is 195 g/mol. The Hall–Kier alpha value is -0.230. The van der Waals surface area contributed by atoms with Gasteiger partial charge in [0.15, 0.2) is 0 Å². The second-order valence-corrected chi connectivity index (χ2v) is 5.16. The van der Waals surface area contributed by atoms with Crippen molar-refractivity contribution < 1.29 is 0 Å². The van der Waals surface area contributed by atoms with E-state index in [-0.39, 0.29) is 0 Å². The van der Waals surface area contributed by atoms with Crippen LogP contribution >= 0.6 is 11.6 Å². The van der Waals surface area contributed by atoms with Gasteiger partial charge in [0.1, 0.15) is 0 Å². The van der Waals surface area contributed by atoms with Crippen molar-refractivity contribution in [3.8, 4) is 0 Å². The molecule has 0 heterocycles. The van der Waals surface area contributed by atoms with Crippen molar-refractivity contribution in [1.29, 1.82) is 0 Å². The lowest BCUT2D eigenvalue weighted by atomic mass is 9.77. The zero-order chi connectivity index (χ0) is 9.27. The first-order chi connectivity index (χ1) is 6.23. The number of halogens is 1. The van der Waals surface area contributed by atoms with E-state index in [1.54, 1.807) is 5.54 Å². The molecule has 0 amide bonds. The summed E-state index contributed by atoms with van der Waals surface area (Å²) < 4.78 is 0. The quantitative estimate of drug-likeness (QED) is 0.588. The molecule has 2 unspecified atom stereocenters. The highest BCUT2D eigenvalue weighted by Gasteiger charge is 2.96. The van der Waals surface area contributed by atoms with Crippen LogP contribution in [0.15, 0.2) is 23.8 Å². The Kier molecular flexibility index (Phi) is 1.28. The minimum Gasteiger partial charge on any atom is -0.0995 e. The maximum atomic E-state index is 5.72. The van der Waals surface area contributed by atoms with Crippen molar-refractivity contribution >= 4 is 11.6 Å². The minimum absolute atomic E-state index is 0.485. The molecule has 0 aliphatic heterocycles. The molecule has 0 radical (unpaired) electrons. The zero-order valence-electron chi connectivity index (χ0n) is 8.02. The fraction of sp³-hybridized carbons (Fsp3) is 0.667. The molecule has 1 heteroatoms. The number of hydrogen-bond acceptors (Lipinski definition) is 0. The van der Waals surface area contributed by atoms with Crippen molar-refractivity contribution in [3.63, 3.8) is 0 Å². The van der Waals surface area contributed by atoms with Crippen molar-refractivity contribution in [2.24, 2.45) is 22.7 Å². The Balaban J connectivity index is 1.99. The van der Waals surface area contributed by atoms with Gasteiger partial charge in [0.2, 0.25) is 0 Å². The smallest absolute Gasteiger partial charge is 0.00775 e. The molecule has 0 spiro atoms. The first kappa shape index (κ1) is 8.11. The monoisotopic (exact) mass is 194 g/mol. The third kappa shape index (κ3) is 0.561. The van der Waals surface area contributed by atoms with Gasteiger partial charge in [-0.1, -0.05) is 36.2 Å². The van der Waals surface area contributed by atoms with E-state index < -0.39 is 0 Å². The highest BCUT2D eigenvalue weighted by Crippen LogP contribution is 3.00. The Bertz CT molecular complexity index is 301. The van der Waals surface area contributed by atoms with Crippen LogP contribution in [0, 0.1) is 22.7 Å². The van der Waals surface area contributed by atoms with Crippen LogP contribution < -0.4 is 0 Å². The number of hydrogen-bond donors (Lipinski definition) is 0. The van der Waals surface area contributed by atoms with Gasteiger partial charge >= 0.3 is 0 Å². The van der Waals surface area contributed by atoms with Crippen molar-refractivity contribution in [2.45, 2.75) is 26.2 Å². The van der Waals surface area contributed by atoms with E-state index in [0.717, 1.165) is 11.8 Å². The predicted molar refractivity (Wildman–Crippen MR) is 55.5 cm³/mol. The van der Waals surface area contributed by atoms with Crippen LogP contribution in [0.1, 0.15) is 26.2 Å². The van der Waals surface area contributed by atoms with E-state index in [0.29, 0.717) is 10.8 Å². The van der Waals surface area contributed by atoms with Gasteiger partial charge in [-0.15, -0.1) is 0 Å². The molecule has 0 aromatic heterocycles. The molecule has 3 saturated carbocycles. The lowest BCUT2D eigenvalue weighted by Crippen LogP contribution is -2.19.